The lowest BCUT2D eigenvalue weighted by molar-refractivity contribution is -0.115. The molecule has 1 aromatic heterocycles. The zero-order chi connectivity index (χ0) is 22.1. The molecule has 0 fully saturated rings. The predicted octanol–water partition coefficient (Wildman–Crippen LogP) is 5.79. The number of fused-ring (bicyclic) bond motifs is 2. The van der Waals surface area contributed by atoms with Crippen molar-refractivity contribution in [3.63, 3.8) is 0 Å². The van der Waals surface area contributed by atoms with Crippen LogP contribution in [0.5, 0.6) is 0 Å². The number of aryl methyl sites for hydroxylation is 1. The van der Waals surface area contributed by atoms with Gasteiger partial charge in [0.05, 0.1) is 11.3 Å². The van der Waals surface area contributed by atoms with Crippen LogP contribution in [0.1, 0.15) is 28.8 Å². The quantitative estimate of drug-likeness (QED) is 0.409. The summed E-state index contributed by atoms with van der Waals surface area (Å²) in [5, 5.41) is 5.52. The van der Waals surface area contributed by atoms with E-state index in [1.165, 1.54) is 11.3 Å². The highest BCUT2D eigenvalue weighted by Crippen LogP contribution is 2.43. The van der Waals surface area contributed by atoms with Crippen LogP contribution in [-0.2, 0) is 33.9 Å². The SMILES string of the molecule is O=C(Cc1cccc2ccccc12)Nc1sc2c(c1S(=O)(=O)c1ccccc1)CCCC2. The van der Waals surface area contributed by atoms with Crippen molar-refractivity contribution in [2.24, 2.45) is 0 Å². The average molecular weight is 462 g/mol. The summed E-state index contributed by atoms with van der Waals surface area (Å²) in [5.74, 6) is -0.204. The molecule has 6 heteroatoms. The fraction of sp³-hybridized carbons (Fsp3) is 0.192. The summed E-state index contributed by atoms with van der Waals surface area (Å²) < 4.78 is 27.1. The second-order valence-corrected chi connectivity index (χ2v) is 11.0. The van der Waals surface area contributed by atoms with Gasteiger partial charge in [-0.15, -0.1) is 11.3 Å². The molecule has 1 aliphatic carbocycles. The summed E-state index contributed by atoms with van der Waals surface area (Å²) in [6.45, 7) is 0. The van der Waals surface area contributed by atoms with E-state index in [0.29, 0.717) is 5.00 Å². The van der Waals surface area contributed by atoms with Gasteiger partial charge in [0.2, 0.25) is 15.7 Å². The number of carbonyl (C=O) groups is 1. The Bertz CT molecular complexity index is 1400. The molecular formula is C26H23NO3S2. The molecule has 0 atom stereocenters. The molecule has 1 N–H and O–H groups in total. The van der Waals surface area contributed by atoms with Gasteiger partial charge in [0.25, 0.3) is 0 Å². The van der Waals surface area contributed by atoms with Gasteiger partial charge in [0, 0.05) is 4.88 Å². The van der Waals surface area contributed by atoms with Gasteiger partial charge < -0.3 is 5.32 Å². The maximum Gasteiger partial charge on any atom is 0.229 e. The number of thiophene rings is 1. The maximum atomic E-state index is 13.6. The number of rotatable bonds is 5. The van der Waals surface area contributed by atoms with E-state index in [-0.39, 0.29) is 22.1 Å². The number of anilines is 1. The number of hydrogen-bond donors (Lipinski definition) is 1. The summed E-state index contributed by atoms with van der Waals surface area (Å²) in [4.78, 5) is 14.7. The third-order valence-electron chi connectivity index (χ3n) is 5.93. The molecule has 162 valence electrons. The third kappa shape index (κ3) is 3.85. The first-order chi connectivity index (χ1) is 15.5. The van der Waals surface area contributed by atoms with Crippen LogP contribution in [0.3, 0.4) is 0 Å². The van der Waals surface area contributed by atoms with Gasteiger partial charge in [-0.1, -0.05) is 60.7 Å². The molecule has 0 radical (unpaired) electrons. The van der Waals surface area contributed by atoms with Gasteiger partial charge in [0.1, 0.15) is 9.90 Å². The van der Waals surface area contributed by atoms with Crippen LogP contribution in [0.4, 0.5) is 5.00 Å². The second kappa shape index (κ2) is 8.52. The normalized spacial score (nSPS) is 13.6. The first-order valence-electron chi connectivity index (χ1n) is 10.8. The van der Waals surface area contributed by atoms with Crippen LogP contribution in [0.25, 0.3) is 10.8 Å². The van der Waals surface area contributed by atoms with Crippen molar-refractivity contribution in [2.45, 2.75) is 41.9 Å². The summed E-state index contributed by atoms with van der Waals surface area (Å²) in [5.41, 5.74) is 1.81. The average Bonchev–Trinajstić information content (AvgIpc) is 3.18. The molecule has 0 aliphatic heterocycles. The molecule has 0 bridgehead atoms. The Balaban J connectivity index is 1.51. The lowest BCUT2D eigenvalue weighted by atomic mass is 9.99. The molecule has 1 aliphatic rings. The van der Waals surface area contributed by atoms with Crippen molar-refractivity contribution in [1.82, 2.24) is 0 Å². The van der Waals surface area contributed by atoms with E-state index in [9.17, 15) is 13.2 Å². The van der Waals surface area contributed by atoms with Crippen LogP contribution in [0, 0.1) is 0 Å². The highest BCUT2D eigenvalue weighted by atomic mass is 32.2. The predicted molar refractivity (Wildman–Crippen MR) is 129 cm³/mol. The van der Waals surface area contributed by atoms with Crippen molar-refractivity contribution >= 4 is 42.9 Å². The Morgan fingerprint density at radius 2 is 1.59 bits per heavy atom. The van der Waals surface area contributed by atoms with Crippen molar-refractivity contribution in [3.05, 3.63) is 88.8 Å². The summed E-state index contributed by atoms with van der Waals surface area (Å²) in [7, 11) is -3.73. The van der Waals surface area contributed by atoms with Crippen LogP contribution in [0.15, 0.2) is 82.6 Å². The van der Waals surface area contributed by atoms with E-state index >= 15 is 0 Å². The van der Waals surface area contributed by atoms with Gasteiger partial charge in [0.15, 0.2) is 0 Å². The number of amides is 1. The zero-order valence-electron chi connectivity index (χ0n) is 17.5. The number of sulfone groups is 1. The smallest absolute Gasteiger partial charge is 0.229 e. The van der Waals surface area contributed by atoms with Gasteiger partial charge in [-0.2, -0.15) is 0 Å². The van der Waals surface area contributed by atoms with Gasteiger partial charge in [-0.25, -0.2) is 8.42 Å². The van der Waals surface area contributed by atoms with E-state index in [2.05, 4.69) is 5.32 Å². The number of benzene rings is 3. The summed E-state index contributed by atoms with van der Waals surface area (Å²) in [6.07, 6.45) is 3.78. The summed E-state index contributed by atoms with van der Waals surface area (Å²) in [6, 6.07) is 22.4. The first kappa shape index (κ1) is 20.9. The fourth-order valence-electron chi connectivity index (χ4n) is 4.41. The molecule has 3 aromatic carbocycles. The van der Waals surface area contributed by atoms with Crippen LogP contribution < -0.4 is 5.32 Å². The Morgan fingerprint density at radius 1 is 0.875 bits per heavy atom. The Kier molecular flexibility index (Phi) is 5.57. The molecule has 1 heterocycles. The molecule has 0 unspecified atom stereocenters. The fourth-order valence-corrected chi connectivity index (χ4v) is 7.73. The first-order valence-corrected chi connectivity index (χ1v) is 13.0. The van der Waals surface area contributed by atoms with E-state index in [0.717, 1.165) is 52.5 Å². The minimum Gasteiger partial charge on any atom is -0.316 e. The molecule has 0 saturated heterocycles. The number of carbonyl (C=O) groups excluding carboxylic acids is 1. The van der Waals surface area contributed by atoms with Crippen molar-refractivity contribution in [1.29, 1.82) is 0 Å². The topological polar surface area (TPSA) is 63.2 Å². The zero-order valence-corrected chi connectivity index (χ0v) is 19.1. The van der Waals surface area contributed by atoms with E-state index in [1.54, 1.807) is 30.3 Å². The van der Waals surface area contributed by atoms with Crippen molar-refractivity contribution < 1.29 is 13.2 Å². The summed E-state index contributed by atoms with van der Waals surface area (Å²) >= 11 is 1.41. The van der Waals surface area contributed by atoms with Crippen LogP contribution in [0.2, 0.25) is 0 Å². The van der Waals surface area contributed by atoms with Gasteiger partial charge in [-0.3, -0.25) is 4.79 Å². The van der Waals surface area contributed by atoms with Crippen LogP contribution >= 0.6 is 11.3 Å². The Hall–Kier alpha value is -2.96. The van der Waals surface area contributed by atoms with Crippen molar-refractivity contribution in [2.75, 3.05) is 5.32 Å². The highest BCUT2D eigenvalue weighted by Gasteiger charge is 2.31. The third-order valence-corrected chi connectivity index (χ3v) is 9.15. The Labute approximate surface area is 191 Å². The standard InChI is InChI=1S/C26H23NO3S2/c28-24(17-19-11-8-10-18-9-4-5-14-21(18)19)27-26-25(22-15-6-7-16-23(22)31-26)32(29,30)20-12-2-1-3-13-20/h1-5,8-14H,6-7,15-17H2,(H,27,28). The number of nitrogens with one attached hydrogen (secondary N) is 1. The molecule has 32 heavy (non-hydrogen) atoms. The molecule has 0 saturated carbocycles. The van der Waals surface area contributed by atoms with Crippen LogP contribution in [-0.4, -0.2) is 14.3 Å². The monoisotopic (exact) mass is 461 g/mol. The highest BCUT2D eigenvalue weighted by molar-refractivity contribution is 7.92. The van der Waals surface area contributed by atoms with Gasteiger partial charge >= 0.3 is 0 Å². The largest absolute Gasteiger partial charge is 0.316 e. The lowest BCUT2D eigenvalue weighted by Crippen LogP contribution is -2.16. The minimum atomic E-state index is -3.73. The molecular weight excluding hydrogens is 438 g/mol. The molecule has 5 rings (SSSR count). The van der Waals surface area contributed by atoms with Crippen molar-refractivity contribution in [3.8, 4) is 0 Å². The van der Waals surface area contributed by atoms with Gasteiger partial charge in [-0.05, 0) is 59.7 Å². The van der Waals surface area contributed by atoms with E-state index in [4.69, 9.17) is 0 Å². The molecule has 0 spiro atoms. The van der Waals surface area contributed by atoms with E-state index in [1.807, 2.05) is 42.5 Å². The molecule has 4 nitrogen and oxygen atoms in total. The molecule has 1 amide bonds. The lowest BCUT2D eigenvalue weighted by Gasteiger charge is -2.14. The molecule has 4 aromatic rings. The maximum absolute atomic E-state index is 13.6. The minimum absolute atomic E-state index is 0.189. The Morgan fingerprint density at radius 3 is 2.44 bits per heavy atom. The number of hydrogen-bond acceptors (Lipinski definition) is 4. The second-order valence-electron chi connectivity index (χ2n) is 8.05. The van der Waals surface area contributed by atoms with E-state index < -0.39 is 9.84 Å².